The number of benzene rings is 2. The lowest BCUT2D eigenvalue weighted by molar-refractivity contribution is -0.192. The lowest BCUT2D eigenvalue weighted by Crippen LogP contribution is -2.57. The Labute approximate surface area is 256 Å². The van der Waals surface area contributed by atoms with Gasteiger partial charge in [-0.3, -0.25) is 24.8 Å². The molecule has 0 fully saturated rings. The summed E-state index contributed by atoms with van der Waals surface area (Å²) in [6.07, 6.45) is -4.28. The molecule has 0 aliphatic rings. The Kier molecular flexibility index (Phi) is 14.5. The number of alkyl halides is 3. The zero-order valence-electron chi connectivity index (χ0n) is 24.3. The summed E-state index contributed by atoms with van der Waals surface area (Å²) in [6, 6.07) is 13.6. The molecule has 2 rings (SSSR count). The first-order chi connectivity index (χ1) is 20.9. The maximum atomic E-state index is 13.6. The average Bonchev–Trinajstić information content (AvgIpc) is 2.97. The van der Waals surface area contributed by atoms with Gasteiger partial charge in [-0.15, -0.1) is 0 Å². The molecule has 3 amide bonds. The molecule has 0 saturated carbocycles. The number of hydrogen-bond donors (Lipinski definition) is 9. The number of guanidine groups is 1. The first kappa shape index (κ1) is 37.8. The zero-order chi connectivity index (χ0) is 34.4. The monoisotopic (exact) mass is 638 g/mol. The van der Waals surface area contributed by atoms with E-state index in [1.807, 2.05) is 6.07 Å². The van der Waals surface area contributed by atoms with Gasteiger partial charge in [0.2, 0.25) is 17.7 Å². The second kappa shape index (κ2) is 17.2. The van der Waals surface area contributed by atoms with Crippen molar-refractivity contribution in [2.45, 2.75) is 49.9 Å². The fraction of sp³-hybridized carbons (Fsp3) is 0.357. The summed E-state index contributed by atoms with van der Waals surface area (Å²) in [6.45, 7) is 1.28. The minimum Gasteiger partial charge on any atom is -0.475 e. The molecule has 14 nitrogen and oxygen atoms in total. The molecule has 0 bridgehead atoms. The number of aliphatic hydroxyl groups is 1. The number of carbonyl (C=O) groups is 4. The van der Waals surface area contributed by atoms with E-state index in [-0.39, 0.29) is 31.2 Å². The van der Waals surface area contributed by atoms with E-state index in [0.29, 0.717) is 17.5 Å². The number of carbonyl (C=O) groups excluding carboxylic acids is 3. The summed E-state index contributed by atoms with van der Waals surface area (Å²) < 4.78 is 31.7. The van der Waals surface area contributed by atoms with Crippen molar-refractivity contribution < 1.29 is 42.6 Å². The number of aliphatic hydroxyl groups excluding tert-OH is 1. The van der Waals surface area contributed by atoms with E-state index < -0.39 is 54.0 Å². The second-order valence-corrected chi connectivity index (χ2v) is 9.91. The van der Waals surface area contributed by atoms with Crippen molar-refractivity contribution in [2.75, 3.05) is 13.2 Å². The predicted octanol–water partition coefficient (Wildman–Crippen LogP) is -0.395. The zero-order valence-corrected chi connectivity index (χ0v) is 24.3. The third-order valence-corrected chi connectivity index (χ3v) is 6.39. The van der Waals surface area contributed by atoms with Crippen molar-refractivity contribution in [3.63, 3.8) is 0 Å². The Balaban J connectivity index is 0.00000129. The molecule has 13 N–H and O–H groups in total. The minimum atomic E-state index is -5.08. The standard InChI is InChI=1S/C26H36N8O4.C2HF3O2/c1-26(18-6-3-2-4-7-18,14-16-9-11-17(12-10-16)21(27)28)24(38)34-20(15-35)23(37)33-19(22(29)36)8-5-13-32-25(30)31;3-2(4,5)1(6)7/h2-4,6-7,9-12,19-20,35H,5,8,13-15H2,1H3,(H3,27,28)(H2,29,36)(H,33,37)(H,34,38)(H4,30,31,32);(H,6,7)/t19-,20-,26?;/m0./s1. The van der Waals surface area contributed by atoms with E-state index in [9.17, 15) is 32.7 Å². The Hall–Kier alpha value is -5.19. The number of amidine groups is 1. The van der Waals surface area contributed by atoms with Crippen molar-refractivity contribution in [1.29, 1.82) is 5.41 Å². The number of halogens is 3. The van der Waals surface area contributed by atoms with E-state index in [1.165, 1.54) is 0 Å². The van der Waals surface area contributed by atoms with Crippen LogP contribution >= 0.6 is 0 Å². The van der Waals surface area contributed by atoms with Gasteiger partial charge >= 0.3 is 12.1 Å². The molecular weight excluding hydrogens is 601 g/mol. The van der Waals surface area contributed by atoms with E-state index in [0.717, 1.165) is 5.56 Å². The molecule has 2 aromatic carbocycles. The largest absolute Gasteiger partial charge is 0.490 e. The van der Waals surface area contributed by atoms with E-state index in [1.54, 1.807) is 55.5 Å². The minimum absolute atomic E-state index is 0.0672. The Morgan fingerprint density at radius 3 is 1.93 bits per heavy atom. The van der Waals surface area contributed by atoms with Gasteiger partial charge in [0.25, 0.3) is 0 Å². The molecule has 0 aromatic heterocycles. The third-order valence-electron chi connectivity index (χ3n) is 6.39. The normalized spacial score (nSPS) is 13.4. The number of primary amides is 1. The summed E-state index contributed by atoms with van der Waals surface area (Å²) >= 11 is 0. The summed E-state index contributed by atoms with van der Waals surface area (Å²) in [5.74, 6) is -4.95. The van der Waals surface area contributed by atoms with Crippen LogP contribution in [0.15, 0.2) is 59.6 Å². The number of carboxylic acid groups (broad SMARTS) is 1. The third kappa shape index (κ3) is 12.5. The second-order valence-electron chi connectivity index (χ2n) is 9.91. The molecule has 0 heterocycles. The van der Waals surface area contributed by atoms with Crippen LogP contribution < -0.4 is 33.6 Å². The number of amides is 3. The van der Waals surface area contributed by atoms with Crippen LogP contribution in [0.25, 0.3) is 0 Å². The van der Waals surface area contributed by atoms with Crippen molar-refractivity contribution in [3.05, 3.63) is 71.3 Å². The van der Waals surface area contributed by atoms with Crippen LogP contribution in [0.1, 0.15) is 36.5 Å². The molecule has 17 heteroatoms. The highest BCUT2D eigenvalue weighted by Crippen LogP contribution is 2.29. The van der Waals surface area contributed by atoms with Crippen LogP contribution in [0.3, 0.4) is 0 Å². The smallest absolute Gasteiger partial charge is 0.475 e. The molecule has 0 aliphatic carbocycles. The summed E-state index contributed by atoms with van der Waals surface area (Å²) in [5, 5.41) is 29.7. The van der Waals surface area contributed by atoms with Gasteiger partial charge in [0.05, 0.1) is 12.0 Å². The summed E-state index contributed by atoms with van der Waals surface area (Å²) in [4.78, 5) is 51.1. The number of aliphatic imine (C=N–C) groups is 1. The predicted molar refractivity (Wildman–Crippen MR) is 159 cm³/mol. The molecule has 2 aromatic rings. The topological polar surface area (TPSA) is 273 Å². The maximum Gasteiger partial charge on any atom is 0.490 e. The van der Waals surface area contributed by atoms with Gasteiger partial charge in [0.1, 0.15) is 17.9 Å². The highest BCUT2D eigenvalue weighted by Gasteiger charge is 2.39. The molecule has 0 radical (unpaired) electrons. The molecule has 0 aliphatic heterocycles. The quantitative estimate of drug-likeness (QED) is 0.0739. The number of nitrogens with zero attached hydrogens (tertiary/aromatic N) is 1. The van der Waals surface area contributed by atoms with Crippen LogP contribution in [0, 0.1) is 5.41 Å². The fourth-order valence-corrected chi connectivity index (χ4v) is 3.90. The number of nitrogens with two attached hydrogens (primary N) is 4. The highest BCUT2D eigenvalue weighted by atomic mass is 19.4. The van der Waals surface area contributed by atoms with Crippen molar-refractivity contribution in [3.8, 4) is 0 Å². The number of aliphatic carboxylic acids is 1. The van der Waals surface area contributed by atoms with Gasteiger partial charge in [-0.1, -0.05) is 54.6 Å². The lowest BCUT2D eigenvalue weighted by atomic mass is 9.76. The van der Waals surface area contributed by atoms with E-state index >= 15 is 0 Å². The first-order valence-corrected chi connectivity index (χ1v) is 13.3. The summed E-state index contributed by atoms with van der Waals surface area (Å²) in [5.41, 5.74) is 22.4. The van der Waals surface area contributed by atoms with Crippen LogP contribution in [0.5, 0.6) is 0 Å². The first-order valence-electron chi connectivity index (χ1n) is 13.3. The van der Waals surface area contributed by atoms with Crippen LogP contribution in [-0.4, -0.2) is 77.1 Å². The van der Waals surface area contributed by atoms with Crippen LogP contribution in [0.2, 0.25) is 0 Å². The van der Waals surface area contributed by atoms with E-state index in [2.05, 4.69) is 15.6 Å². The molecule has 0 spiro atoms. The van der Waals surface area contributed by atoms with Gasteiger partial charge in [0.15, 0.2) is 5.96 Å². The maximum absolute atomic E-state index is 13.6. The summed E-state index contributed by atoms with van der Waals surface area (Å²) in [7, 11) is 0. The number of nitrogen functional groups attached to an aromatic ring is 1. The van der Waals surface area contributed by atoms with Crippen LogP contribution in [0.4, 0.5) is 13.2 Å². The molecule has 0 saturated heterocycles. The van der Waals surface area contributed by atoms with Crippen molar-refractivity contribution in [1.82, 2.24) is 10.6 Å². The SMILES string of the molecule is CC(Cc1ccc(C(=N)N)cc1)(C(=O)N[C@@H](CO)C(=O)N[C@@H](CCCN=C(N)N)C(N)=O)c1ccccc1.O=C(O)C(F)(F)F. The van der Waals surface area contributed by atoms with Crippen LogP contribution in [-0.2, 0) is 31.0 Å². The molecule has 3 atom stereocenters. The average molecular weight is 639 g/mol. The van der Waals surface area contributed by atoms with Gasteiger partial charge < -0.3 is 43.8 Å². The molecule has 246 valence electrons. The van der Waals surface area contributed by atoms with Gasteiger partial charge in [0, 0.05) is 12.1 Å². The Bertz CT molecular complexity index is 1350. The number of rotatable bonds is 14. The number of hydrogen-bond acceptors (Lipinski definition) is 7. The fourth-order valence-electron chi connectivity index (χ4n) is 3.90. The molecule has 1 unspecified atom stereocenters. The number of nitrogens with one attached hydrogen (secondary N) is 3. The van der Waals surface area contributed by atoms with Crippen molar-refractivity contribution in [2.24, 2.45) is 27.9 Å². The Morgan fingerprint density at radius 2 is 1.49 bits per heavy atom. The highest BCUT2D eigenvalue weighted by molar-refractivity contribution is 5.96. The lowest BCUT2D eigenvalue weighted by Gasteiger charge is -2.31. The Morgan fingerprint density at radius 1 is 0.933 bits per heavy atom. The van der Waals surface area contributed by atoms with Gasteiger partial charge in [-0.05, 0) is 37.3 Å². The number of carboxylic acids is 1. The molecular formula is C28H37F3N8O6. The molecule has 45 heavy (non-hydrogen) atoms. The van der Waals surface area contributed by atoms with E-state index in [4.69, 9.17) is 38.2 Å². The van der Waals surface area contributed by atoms with Crippen molar-refractivity contribution >= 4 is 35.5 Å². The van der Waals surface area contributed by atoms with Gasteiger partial charge in [-0.25, -0.2) is 4.79 Å². The van der Waals surface area contributed by atoms with Gasteiger partial charge in [-0.2, -0.15) is 13.2 Å².